The summed E-state index contributed by atoms with van der Waals surface area (Å²) in [5, 5.41) is 8.26. The summed E-state index contributed by atoms with van der Waals surface area (Å²) in [6.07, 6.45) is 6.33. The lowest BCUT2D eigenvalue weighted by Crippen LogP contribution is -2.03. The van der Waals surface area contributed by atoms with Gasteiger partial charge in [-0.2, -0.15) is 0 Å². The van der Waals surface area contributed by atoms with E-state index in [0.717, 1.165) is 29.6 Å². The standard InChI is InChI=1S/C11H15N3/c1-14-5-12-13-11(14)10-8-6-2-3-7(4-6)9(8)10/h5-10H,2-4H2,1H3. The molecule has 0 saturated heterocycles. The summed E-state index contributed by atoms with van der Waals surface area (Å²) in [4.78, 5) is 0. The molecular formula is C11H15N3. The lowest BCUT2D eigenvalue weighted by atomic mass is 10.0. The van der Waals surface area contributed by atoms with Gasteiger partial charge in [0, 0.05) is 13.0 Å². The van der Waals surface area contributed by atoms with Gasteiger partial charge in [0.2, 0.25) is 0 Å². The van der Waals surface area contributed by atoms with Crippen molar-refractivity contribution in [2.24, 2.45) is 30.7 Å². The van der Waals surface area contributed by atoms with Gasteiger partial charge in [0.05, 0.1) is 0 Å². The third-order valence-electron chi connectivity index (χ3n) is 4.78. The number of fused-ring (bicyclic) bond motifs is 5. The molecule has 1 aromatic rings. The van der Waals surface area contributed by atoms with Crippen LogP contribution in [-0.2, 0) is 7.05 Å². The first kappa shape index (κ1) is 7.43. The molecule has 0 N–H and O–H groups in total. The van der Waals surface area contributed by atoms with Crippen LogP contribution in [0.3, 0.4) is 0 Å². The largest absolute Gasteiger partial charge is 0.320 e. The molecule has 1 heterocycles. The molecule has 0 spiro atoms. The molecule has 3 saturated carbocycles. The Labute approximate surface area is 83.5 Å². The molecule has 3 heteroatoms. The van der Waals surface area contributed by atoms with Crippen molar-refractivity contribution in [2.45, 2.75) is 25.2 Å². The number of aryl methyl sites for hydroxylation is 1. The SMILES string of the molecule is Cn1cnnc1C1C2C3CCC(C3)C12. The predicted octanol–water partition coefficient (Wildman–Crippen LogP) is 1.57. The van der Waals surface area contributed by atoms with Gasteiger partial charge >= 0.3 is 0 Å². The Morgan fingerprint density at radius 2 is 2.00 bits per heavy atom. The van der Waals surface area contributed by atoms with E-state index in [-0.39, 0.29) is 0 Å². The Kier molecular flexibility index (Phi) is 1.17. The van der Waals surface area contributed by atoms with Crippen LogP contribution in [-0.4, -0.2) is 14.8 Å². The second-order valence-electron chi connectivity index (χ2n) is 5.31. The fourth-order valence-corrected chi connectivity index (χ4v) is 4.26. The van der Waals surface area contributed by atoms with Crippen molar-refractivity contribution in [2.75, 3.05) is 0 Å². The van der Waals surface area contributed by atoms with Gasteiger partial charge in [-0.1, -0.05) is 0 Å². The first-order valence-electron chi connectivity index (χ1n) is 5.70. The molecule has 4 unspecified atom stereocenters. The maximum absolute atomic E-state index is 4.27. The van der Waals surface area contributed by atoms with E-state index >= 15 is 0 Å². The molecule has 2 bridgehead atoms. The smallest absolute Gasteiger partial charge is 0.136 e. The molecule has 3 nitrogen and oxygen atoms in total. The van der Waals surface area contributed by atoms with Gasteiger partial charge in [0.1, 0.15) is 12.2 Å². The fourth-order valence-electron chi connectivity index (χ4n) is 4.26. The minimum Gasteiger partial charge on any atom is -0.320 e. The van der Waals surface area contributed by atoms with Crippen molar-refractivity contribution in [1.82, 2.24) is 14.8 Å². The van der Waals surface area contributed by atoms with E-state index in [0.29, 0.717) is 0 Å². The molecule has 3 aliphatic rings. The molecule has 4 rings (SSSR count). The lowest BCUT2D eigenvalue weighted by Gasteiger charge is -2.07. The molecule has 14 heavy (non-hydrogen) atoms. The Morgan fingerprint density at radius 1 is 1.29 bits per heavy atom. The number of hydrogen-bond donors (Lipinski definition) is 0. The molecular weight excluding hydrogens is 174 g/mol. The van der Waals surface area contributed by atoms with Gasteiger partial charge in [0.15, 0.2) is 0 Å². The summed E-state index contributed by atoms with van der Waals surface area (Å²) >= 11 is 0. The molecule has 4 atom stereocenters. The number of hydrogen-bond acceptors (Lipinski definition) is 2. The van der Waals surface area contributed by atoms with Crippen LogP contribution in [0.1, 0.15) is 31.0 Å². The maximum atomic E-state index is 4.27. The highest BCUT2D eigenvalue weighted by atomic mass is 15.3. The molecule has 1 aromatic heterocycles. The third-order valence-corrected chi connectivity index (χ3v) is 4.78. The van der Waals surface area contributed by atoms with Gasteiger partial charge in [-0.25, -0.2) is 0 Å². The Bertz CT molecular complexity index is 368. The molecule has 0 aliphatic heterocycles. The summed E-state index contributed by atoms with van der Waals surface area (Å²) in [6.45, 7) is 0. The van der Waals surface area contributed by atoms with Crippen LogP contribution in [0.15, 0.2) is 6.33 Å². The van der Waals surface area contributed by atoms with Crippen molar-refractivity contribution in [3.63, 3.8) is 0 Å². The van der Waals surface area contributed by atoms with Crippen LogP contribution < -0.4 is 0 Å². The van der Waals surface area contributed by atoms with E-state index < -0.39 is 0 Å². The maximum Gasteiger partial charge on any atom is 0.136 e. The lowest BCUT2D eigenvalue weighted by molar-refractivity contribution is 0.456. The van der Waals surface area contributed by atoms with Crippen LogP contribution in [0.2, 0.25) is 0 Å². The molecule has 3 fully saturated rings. The first-order valence-corrected chi connectivity index (χ1v) is 5.70. The first-order chi connectivity index (χ1) is 6.86. The van der Waals surface area contributed by atoms with Crippen molar-refractivity contribution in [3.05, 3.63) is 12.2 Å². The molecule has 0 amide bonds. The summed E-state index contributed by atoms with van der Waals surface area (Å²) < 4.78 is 2.11. The summed E-state index contributed by atoms with van der Waals surface area (Å²) in [5.74, 6) is 6.05. The minimum absolute atomic E-state index is 0.772. The van der Waals surface area contributed by atoms with Crippen molar-refractivity contribution in [3.8, 4) is 0 Å². The van der Waals surface area contributed by atoms with E-state index in [1.54, 1.807) is 0 Å². The van der Waals surface area contributed by atoms with Gasteiger partial charge in [-0.15, -0.1) is 10.2 Å². The Hall–Kier alpha value is -0.860. The zero-order valence-corrected chi connectivity index (χ0v) is 8.43. The second kappa shape index (κ2) is 2.20. The average molecular weight is 189 g/mol. The van der Waals surface area contributed by atoms with Gasteiger partial charge in [-0.05, 0) is 42.9 Å². The second-order valence-corrected chi connectivity index (χ2v) is 5.31. The van der Waals surface area contributed by atoms with Gasteiger partial charge in [-0.3, -0.25) is 0 Å². The van der Waals surface area contributed by atoms with Crippen molar-refractivity contribution >= 4 is 0 Å². The van der Waals surface area contributed by atoms with Crippen molar-refractivity contribution in [1.29, 1.82) is 0 Å². The van der Waals surface area contributed by atoms with Crippen molar-refractivity contribution < 1.29 is 0 Å². The highest BCUT2D eigenvalue weighted by Gasteiger charge is 2.66. The monoisotopic (exact) mass is 189 g/mol. The third kappa shape index (κ3) is 0.711. The zero-order valence-electron chi connectivity index (χ0n) is 8.43. The molecule has 0 radical (unpaired) electrons. The Morgan fingerprint density at radius 3 is 2.57 bits per heavy atom. The summed E-state index contributed by atoms with van der Waals surface area (Å²) in [5.41, 5.74) is 0. The molecule has 74 valence electrons. The highest BCUT2D eigenvalue weighted by Crippen LogP contribution is 2.72. The average Bonchev–Trinajstić information content (AvgIpc) is 2.59. The number of aromatic nitrogens is 3. The quantitative estimate of drug-likeness (QED) is 0.671. The minimum atomic E-state index is 0.772. The van der Waals surface area contributed by atoms with Gasteiger partial charge < -0.3 is 4.57 Å². The summed E-state index contributed by atoms with van der Waals surface area (Å²) in [6, 6.07) is 0. The van der Waals surface area contributed by atoms with E-state index in [1.165, 1.54) is 25.1 Å². The summed E-state index contributed by atoms with van der Waals surface area (Å²) in [7, 11) is 2.07. The van der Waals surface area contributed by atoms with E-state index in [4.69, 9.17) is 0 Å². The molecule has 0 aromatic carbocycles. The van der Waals surface area contributed by atoms with Crippen LogP contribution >= 0.6 is 0 Å². The zero-order chi connectivity index (χ0) is 9.28. The van der Waals surface area contributed by atoms with Crippen LogP contribution in [0, 0.1) is 23.7 Å². The Balaban J connectivity index is 1.70. The number of nitrogens with zero attached hydrogens (tertiary/aromatic N) is 3. The topological polar surface area (TPSA) is 30.7 Å². The van der Waals surface area contributed by atoms with Gasteiger partial charge in [0.25, 0.3) is 0 Å². The van der Waals surface area contributed by atoms with Crippen LogP contribution in [0.4, 0.5) is 0 Å². The van der Waals surface area contributed by atoms with Crippen LogP contribution in [0.5, 0.6) is 0 Å². The molecule has 3 aliphatic carbocycles. The van der Waals surface area contributed by atoms with E-state index in [1.807, 2.05) is 6.33 Å². The predicted molar refractivity (Wildman–Crippen MR) is 51.6 cm³/mol. The van der Waals surface area contributed by atoms with Crippen LogP contribution in [0.25, 0.3) is 0 Å². The fraction of sp³-hybridized carbons (Fsp3) is 0.818. The highest BCUT2D eigenvalue weighted by molar-refractivity contribution is 5.24. The number of rotatable bonds is 1. The van der Waals surface area contributed by atoms with E-state index in [9.17, 15) is 0 Å². The van der Waals surface area contributed by atoms with E-state index in [2.05, 4.69) is 21.8 Å². The normalized spacial score (nSPS) is 48.2.